The Morgan fingerprint density at radius 2 is 2.11 bits per heavy atom. The number of halogens is 2. The molecule has 1 aliphatic rings. The Labute approximate surface area is 110 Å². The van der Waals surface area contributed by atoms with Crippen LogP contribution in [0, 0.1) is 11.6 Å². The van der Waals surface area contributed by atoms with Gasteiger partial charge in [-0.15, -0.1) is 0 Å². The minimum absolute atomic E-state index is 0.175. The molecule has 1 unspecified atom stereocenters. The van der Waals surface area contributed by atoms with Crippen LogP contribution in [0.25, 0.3) is 0 Å². The van der Waals surface area contributed by atoms with Crippen LogP contribution in [0.3, 0.4) is 0 Å². The first-order chi connectivity index (χ1) is 9.06. The van der Waals surface area contributed by atoms with Gasteiger partial charge in [0.2, 0.25) is 0 Å². The quantitative estimate of drug-likeness (QED) is 0.913. The Morgan fingerprint density at radius 1 is 1.37 bits per heavy atom. The molecule has 0 aromatic heterocycles. The topological polar surface area (TPSA) is 40.5 Å². The Morgan fingerprint density at radius 3 is 2.74 bits per heavy atom. The van der Waals surface area contributed by atoms with E-state index in [0.717, 1.165) is 31.7 Å². The van der Waals surface area contributed by atoms with Crippen molar-refractivity contribution in [2.24, 2.45) is 0 Å². The van der Waals surface area contributed by atoms with Crippen molar-refractivity contribution < 1.29 is 18.7 Å². The summed E-state index contributed by atoms with van der Waals surface area (Å²) in [6.45, 7) is 2.70. The van der Waals surface area contributed by atoms with E-state index in [1.54, 1.807) is 0 Å². The van der Waals surface area contributed by atoms with Gasteiger partial charge in [-0.2, -0.15) is 0 Å². The molecule has 1 aromatic rings. The van der Waals surface area contributed by atoms with Gasteiger partial charge >= 0.3 is 5.97 Å². The molecule has 19 heavy (non-hydrogen) atoms. The molecule has 0 spiro atoms. The smallest absolute Gasteiger partial charge is 0.338 e. The molecule has 104 valence electrons. The third-order valence-electron chi connectivity index (χ3n) is 3.70. The molecule has 3 nitrogen and oxygen atoms in total. The Balaban J connectivity index is 2.39. The monoisotopic (exact) mass is 269 g/mol. The van der Waals surface area contributed by atoms with E-state index in [-0.39, 0.29) is 11.7 Å². The number of carboxylic acids is 1. The zero-order valence-electron chi connectivity index (χ0n) is 10.8. The van der Waals surface area contributed by atoms with E-state index in [1.165, 1.54) is 6.07 Å². The predicted octanol–water partition coefficient (Wildman–Crippen LogP) is 3.43. The molecule has 0 bridgehead atoms. The lowest BCUT2D eigenvalue weighted by atomic mass is 9.98. The Bertz CT molecular complexity index is 491. The molecule has 1 atom stereocenters. The van der Waals surface area contributed by atoms with Crippen LogP contribution in [0.2, 0.25) is 0 Å². The third-order valence-corrected chi connectivity index (χ3v) is 3.70. The van der Waals surface area contributed by atoms with Crippen LogP contribution >= 0.6 is 0 Å². The average Bonchev–Trinajstić information content (AvgIpc) is 2.41. The number of hydrogen-bond acceptors (Lipinski definition) is 2. The molecule has 0 aliphatic carbocycles. The van der Waals surface area contributed by atoms with Crippen LogP contribution in [-0.2, 0) is 0 Å². The number of aromatic carboxylic acids is 1. The SMILES string of the molecule is CCC1CCCCN1c1ccc(C(=O)O)c(F)c1F. The molecule has 0 amide bonds. The fourth-order valence-corrected chi connectivity index (χ4v) is 2.67. The van der Waals surface area contributed by atoms with Crippen LogP contribution in [0.4, 0.5) is 14.5 Å². The summed E-state index contributed by atoms with van der Waals surface area (Å²) in [5.41, 5.74) is -0.444. The predicted molar refractivity (Wildman–Crippen MR) is 68.6 cm³/mol. The molecule has 1 saturated heterocycles. The van der Waals surface area contributed by atoms with Gasteiger partial charge in [0.25, 0.3) is 0 Å². The molecule has 0 saturated carbocycles. The Hall–Kier alpha value is -1.65. The van der Waals surface area contributed by atoms with Gasteiger partial charge < -0.3 is 10.0 Å². The molecule has 2 rings (SSSR count). The highest BCUT2D eigenvalue weighted by Crippen LogP contribution is 2.30. The first kappa shape index (κ1) is 13.8. The number of nitrogens with zero attached hydrogens (tertiary/aromatic N) is 1. The molecule has 1 heterocycles. The summed E-state index contributed by atoms with van der Waals surface area (Å²) in [4.78, 5) is 12.6. The molecule has 1 aliphatic heterocycles. The summed E-state index contributed by atoms with van der Waals surface area (Å²) in [6.07, 6.45) is 3.85. The second kappa shape index (κ2) is 5.55. The lowest BCUT2D eigenvalue weighted by molar-refractivity contribution is 0.0690. The maximum absolute atomic E-state index is 14.0. The van der Waals surface area contributed by atoms with Crippen LogP contribution in [0.1, 0.15) is 43.0 Å². The summed E-state index contributed by atoms with van der Waals surface area (Å²) in [7, 11) is 0. The van der Waals surface area contributed by atoms with Crippen molar-refractivity contribution >= 4 is 11.7 Å². The number of benzene rings is 1. The maximum atomic E-state index is 14.0. The zero-order chi connectivity index (χ0) is 14.0. The lowest BCUT2D eigenvalue weighted by Gasteiger charge is -2.37. The zero-order valence-corrected chi connectivity index (χ0v) is 10.8. The van der Waals surface area contributed by atoms with Crippen molar-refractivity contribution in [1.82, 2.24) is 0 Å². The number of rotatable bonds is 3. The van der Waals surface area contributed by atoms with Gasteiger partial charge in [-0.05, 0) is 37.8 Å². The fourth-order valence-electron chi connectivity index (χ4n) is 2.67. The minimum Gasteiger partial charge on any atom is -0.478 e. The molecular weight excluding hydrogens is 252 g/mol. The molecule has 1 fully saturated rings. The normalized spacial score (nSPS) is 19.5. The third kappa shape index (κ3) is 2.55. The van der Waals surface area contributed by atoms with Crippen LogP contribution in [-0.4, -0.2) is 23.7 Å². The number of hydrogen-bond donors (Lipinski definition) is 1. The highest BCUT2D eigenvalue weighted by molar-refractivity contribution is 5.88. The second-order valence-corrected chi connectivity index (χ2v) is 4.82. The number of carboxylic acid groups (broad SMARTS) is 1. The van der Waals surface area contributed by atoms with Crippen LogP contribution < -0.4 is 4.90 Å². The molecule has 5 heteroatoms. The fraction of sp³-hybridized carbons (Fsp3) is 0.500. The van der Waals surface area contributed by atoms with E-state index in [4.69, 9.17) is 5.11 Å². The highest BCUT2D eigenvalue weighted by Gasteiger charge is 2.26. The highest BCUT2D eigenvalue weighted by atomic mass is 19.2. The molecule has 1 aromatic carbocycles. The average molecular weight is 269 g/mol. The van der Waals surface area contributed by atoms with Gasteiger partial charge in [-0.25, -0.2) is 13.6 Å². The second-order valence-electron chi connectivity index (χ2n) is 4.82. The van der Waals surface area contributed by atoms with Crippen molar-refractivity contribution in [3.8, 4) is 0 Å². The summed E-state index contributed by atoms with van der Waals surface area (Å²) in [5.74, 6) is -3.78. The first-order valence-electron chi connectivity index (χ1n) is 6.54. The Kier molecular flexibility index (Phi) is 4.02. The van der Waals surface area contributed by atoms with E-state index in [2.05, 4.69) is 0 Å². The van der Waals surface area contributed by atoms with Gasteiger partial charge in [0.15, 0.2) is 11.6 Å². The minimum atomic E-state index is -1.45. The molecule has 1 N–H and O–H groups in total. The summed E-state index contributed by atoms with van der Waals surface area (Å²) < 4.78 is 27.8. The van der Waals surface area contributed by atoms with Gasteiger partial charge in [0, 0.05) is 12.6 Å². The largest absolute Gasteiger partial charge is 0.478 e. The van der Waals surface area contributed by atoms with E-state index in [1.807, 2.05) is 11.8 Å². The van der Waals surface area contributed by atoms with Crippen molar-refractivity contribution in [2.75, 3.05) is 11.4 Å². The number of piperidine rings is 1. The van der Waals surface area contributed by atoms with E-state index < -0.39 is 23.2 Å². The van der Waals surface area contributed by atoms with E-state index in [0.29, 0.717) is 6.54 Å². The van der Waals surface area contributed by atoms with Crippen LogP contribution in [0.5, 0.6) is 0 Å². The summed E-state index contributed by atoms with van der Waals surface area (Å²) >= 11 is 0. The molecule has 0 radical (unpaired) electrons. The van der Waals surface area contributed by atoms with E-state index in [9.17, 15) is 13.6 Å². The van der Waals surface area contributed by atoms with Gasteiger partial charge in [-0.1, -0.05) is 6.92 Å². The maximum Gasteiger partial charge on any atom is 0.338 e. The molecular formula is C14H17F2NO2. The number of anilines is 1. The van der Waals surface area contributed by atoms with Gasteiger partial charge in [-0.3, -0.25) is 0 Å². The van der Waals surface area contributed by atoms with Gasteiger partial charge in [0.05, 0.1) is 11.3 Å². The number of carbonyl (C=O) groups is 1. The van der Waals surface area contributed by atoms with E-state index >= 15 is 0 Å². The van der Waals surface area contributed by atoms with Gasteiger partial charge in [0.1, 0.15) is 0 Å². The summed E-state index contributed by atoms with van der Waals surface area (Å²) in [5, 5.41) is 8.77. The first-order valence-corrected chi connectivity index (χ1v) is 6.54. The van der Waals surface area contributed by atoms with Crippen molar-refractivity contribution in [3.63, 3.8) is 0 Å². The lowest BCUT2D eigenvalue weighted by Crippen LogP contribution is -2.39. The van der Waals surface area contributed by atoms with Crippen molar-refractivity contribution in [2.45, 2.75) is 38.6 Å². The van der Waals surface area contributed by atoms with Crippen LogP contribution in [0.15, 0.2) is 12.1 Å². The van der Waals surface area contributed by atoms with Crippen molar-refractivity contribution in [3.05, 3.63) is 29.3 Å². The standard InChI is InChI=1S/C14H17F2NO2/c1-2-9-5-3-4-8-17(9)11-7-6-10(14(18)19)12(15)13(11)16/h6-7,9H,2-5,8H2,1H3,(H,18,19). The van der Waals surface area contributed by atoms with Crippen molar-refractivity contribution in [1.29, 1.82) is 0 Å². The summed E-state index contributed by atoms with van der Waals surface area (Å²) in [6, 6.07) is 2.70.